The number of nitrogens with one attached hydrogen (secondary N) is 3. The van der Waals surface area contributed by atoms with Crippen LogP contribution in [0, 0.1) is 5.41 Å². The maximum Gasteiger partial charge on any atom is 0.239 e. The molecule has 0 unspecified atom stereocenters. The summed E-state index contributed by atoms with van der Waals surface area (Å²) in [6, 6.07) is 10.1. The van der Waals surface area contributed by atoms with Crippen molar-refractivity contribution < 1.29 is 18.8 Å². The van der Waals surface area contributed by atoms with Crippen molar-refractivity contribution in [3.05, 3.63) is 48.4 Å². The fourth-order valence-corrected chi connectivity index (χ4v) is 2.03. The van der Waals surface area contributed by atoms with Gasteiger partial charge in [0.05, 0.1) is 12.8 Å². The van der Waals surface area contributed by atoms with Gasteiger partial charge in [-0.3, -0.25) is 14.4 Å². The van der Waals surface area contributed by atoms with Gasteiger partial charge in [0.1, 0.15) is 11.2 Å². The minimum Gasteiger partial charge on any atom is -0.467 e. The third-order valence-electron chi connectivity index (χ3n) is 3.60. The van der Waals surface area contributed by atoms with E-state index in [1.165, 1.54) is 13.2 Å². The first-order valence-electron chi connectivity index (χ1n) is 7.79. The lowest BCUT2D eigenvalue weighted by atomic mass is 9.91. The molecule has 0 atom stereocenters. The number of amides is 3. The number of anilines is 2. The fourth-order valence-electron chi connectivity index (χ4n) is 2.03. The summed E-state index contributed by atoms with van der Waals surface area (Å²) in [7, 11) is 0. The van der Waals surface area contributed by atoms with Crippen LogP contribution in [-0.2, 0) is 20.9 Å². The Bertz CT molecular complexity index is 749. The topological polar surface area (TPSA) is 100 Å². The second-order valence-electron chi connectivity index (χ2n) is 6.10. The highest BCUT2D eigenvalue weighted by Gasteiger charge is 2.36. The Morgan fingerprint density at radius 2 is 1.56 bits per heavy atom. The largest absolute Gasteiger partial charge is 0.467 e. The van der Waals surface area contributed by atoms with Gasteiger partial charge in [-0.25, -0.2) is 0 Å². The van der Waals surface area contributed by atoms with Crippen LogP contribution in [0.5, 0.6) is 0 Å². The minimum atomic E-state index is -1.26. The Hall–Kier alpha value is -3.09. The van der Waals surface area contributed by atoms with Crippen LogP contribution in [0.25, 0.3) is 0 Å². The van der Waals surface area contributed by atoms with Crippen LogP contribution in [0.4, 0.5) is 11.4 Å². The Balaban J connectivity index is 1.95. The van der Waals surface area contributed by atoms with Gasteiger partial charge in [0.15, 0.2) is 0 Å². The molecule has 1 aromatic heterocycles. The quantitative estimate of drug-likeness (QED) is 0.702. The maximum absolute atomic E-state index is 12.4. The Kier molecular flexibility index (Phi) is 5.59. The number of hydrogen-bond donors (Lipinski definition) is 3. The zero-order chi connectivity index (χ0) is 18.4. The molecule has 0 saturated carbocycles. The highest BCUT2D eigenvalue weighted by Crippen LogP contribution is 2.20. The second kappa shape index (κ2) is 7.65. The van der Waals surface area contributed by atoms with Gasteiger partial charge in [0.25, 0.3) is 0 Å². The molecule has 3 amide bonds. The summed E-state index contributed by atoms with van der Waals surface area (Å²) in [5, 5.41) is 8.02. The molecule has 7 heteroatoms. The van der Waals surface area contributed by atoms with Crippen LogP contribution in [0.2, 0.25) is 0 Å². The molecule has 1 heterocycles. The molecule has 0 radical (unpaired) electrons. The summed E-state index contributed by atoms with van der Waals surface area (Å²) in [6.07, 6.45) is 1.52. The molecule has 0 spiro atoms. The average Bonchev–Trinajstić information content (AvgIpc) is 3.07. The van der Waals surface area contributed by atoms with Gasteiger partial charge < -0.3 is 20.4 Å². The fraction of sp³-hybridized carbons (Fsp3) is 0.278. The van der Waals surface area contributed by atoms with E-state index < -0.39 is 17.2 Å². The van der Waals surface area contributed by atoms with E-state index in [9.17, 15) is 14.4 Å². The van der Waals surface area contributed by atoms with Crippen LogP contribution in [0.1, 0.15) is 26.5 Å². The Morgan fingerprint density at radius 3 is 2.08 bits per heavy atom. The Morgan fingerprint density at radius 1 is 0.960 bits per heavy atom. The molecule has 2 aromatic rings. The number of carbonyl (C=O) groups is 3. The van der Waals surface area contributed by atoms with Crippen molar-refractivity contribution in [3.8, 4) is 0 Å². The van der Waals surface area contributed by atoms with Crippen molar-refractivity contribution in [1.29, 1.82) is 0 Å². The summed E-state index contributed by atoms with van der Waals surface area (Å²) >= 11 is 0. The number of hydrogen-bond acceptors (Lipinski definition) is 4. The molecule has 0 fully saturated rings. The lowest BCUT2D eigenvalue weighted by Crippen LogP contribution is -2.44. The third-order valence-corrected chi connectivity index (χ3v) is 3.60. The van der Waals surface area contributed by atoms with Crippen LogP contribution in [-0.4, -0.2) is 17.7 Å². The second-order valence-corrected chi connectivity index (χ2v) is 6.10. The molecule has 0 aliphatic rings. The van der Waals surface area contributed by atoms with Gasteiger partial charge in [0.2, 0.25) is 17.7 Å². The summed E-state index contributed by atoms with van der Waals surface area (Å²) in [6.45, 7) is 4.73. The minimum absolute atomic E-state index is 0.175. The molecular formula is C18H21N3O4. The van der Waals surface area contributed by atoms with Crippen molar-refractivity contribution >= 4 is 29.1 Å². The standard InChI is InChI=1S/C18H21N3O4/c1-12(22)20-13-6-8-14(9-7-13)21-17(24)18(2,3)16(23)19-11-15-5-4-10-25-15/h4-10H,11H2,1-3H3,(H,19,23)(H,20,22)(H,21,24). The number of furan rings is 1. The molecule has 2 rings (SSSR count). The van der Waals surface area contributed by atoms with Gasteiger partial charge in [-0.2, -0.15) is 0 Å². The predicted octanol–water partition coefficient (Wildman–Crippen LogP) is 2.52. The predicted molar refractivity (Wildman–Crippen MR) is 93.7 cm³/mol. The van der Waals surface area contributed by atoms with E-state index in [1.807, 2.05) is 0 Å². The van der Waals surface area contributed by atoms with E-state index in [0.717, 1.165) is 0 Å². The highest BCUT2D eigenvalue weighted by atomic mass is 16.3. The zero-order valence-corrected chi connectivity index (χ0v) is 14.4. The van der Waals surface area contributed by atoms with Crippen molar-refractivity contribution in [2.75, 3.05) is 10.6 Å². The zero-order valence-electron chi connectivity index (χ0n) is 14.4. The van der Waals surface area contributed by atoms with E-state index in [4.69, 9.17) is 4.42 Å². The molecule has 25 heavy (non-hydrogen) atoms. The summed E-state index contributed by atoms with van der Waals surface area (Å²) in [4.78, 5) is 35.7. The smallest absolute Gasteiger partial charge is 0.239 e. The van der Waals surface area contributed by atoms with Gasteiger partial charge in [-0.1, -0.05) is 0 Å². The first-order chi connectivity index (χ1) is 11.8. The van der Waals surface area contributed by atoms with E-state index in [0.29, 0.717) is 17.1 Å². The van der Waals surface area contributed by atoms with E-state index in [-0.39, 0.29) is 12.5 Å². The third kappa shape index (κ3) is 4.94. The van der Waals surface area contributed by atoms with Gasteiger partial charge in [-0.15, -0.1) is 0 Å². The number of rotatable bonds is 6. The number of benzene rings is 1. The molecule has 0 aliphatic carbocycles. The van der Waals surface area contributed by atoms with Crippen molar-refractivity contribution in [2.45, 2.75) is 27.3 Å². The van der Waals surface area contributed by atoms with Crippen LogP contribution in [0.3, 0.4) is 0 Å². The molecule has 7 nitrogen and oxygen atoms in total. The SMILES string of the molecule is CC(=O)Nc1ccc(NC(=O)C(C)(C)C(=O)NCc2ccco2)cc1. The Labute approximate surface area is 145 Å². The van der Waals surface area contributed by atoms with Crippen LogP contribution >= 0.6 is 0 Å². The van der Waals surface area contributed by atoms with Gasteiger partial charge in [0, 0.05) is 18.3 Å². The first kappa shape index (κ1) is 18.3. The van der Waals surface area contributed by atoms with Crippen molar-refractivity contribution in [3.63, 3.8) is 0 Å². The van der Waals surface area contributed by atoms with Crippen molar-refractivity contribution in [1.82, 2.24) is 5.32 Å². The lowest BCUT2D eigenvalue weighted by molar-refractivity contribution is -0.138. The van der Waals surface area contributed by atoms with Gasteiger partial charge in [-0.05, 0) is 50.2 Å². The normalized spacial score (nSPS) is 10.8. The van der Waals surface area contributed by atoms with Crippen molar-refractivity contribution in [2.24, 2.45) is 5.41 Å². The molecule has 132 valence electrons. The monoisotopic (exact) mass is 343 g/mol. The first-order valence-corrected chi connectivity index (χ1v) is 7.79. The molecule has 0 aliphatic heterocycles. The van der Waals surface area contributed by atoms with E-state index in [2.05, 4.69) is 16.0 Å². The van der Waals surface area contributed by atoms with E-state index in [1.54, 1.807) is 50.2 Å². The molecular weight excluding hydrogens is 322 g/mol. The molecule has 0 bridgehead atoms. The van der Waals surface area contributed by atoms with E-state index >= 15 is 0 Å². The summed E-state index contributed by atoms with van der Waals surface area (Å²) in [5.74, 6) is -0.405. The maximum atomic E-state index is 12.4. The lowest BCUT2D eigenvalue weighted by Gasteiger charge is -2.22. The molecule has 3 N–H and O–H groups in total. The average molecular weight is 343 g/mol. The molecule has 1 aromatic carbocycles. The molecule has 0 saturated heterocycles. The van der Waals surface area contributed by atoms with Gasteiger partial charge >= 0.3 is 0 Å². The van der Waals surface area contributed by atoms with Crippen LogP contribution < -0.4 is 16.0 Å². The van der Waals surface area contributed by atoms with Crippen LogP contribution in [0.15, 0.2) is 47.1 Å². The number of carbonyl (C=O) groups excluding carboxylic acids is 3. The summed E-state index contributed by atoms with van der Waals surface area (Å²) < 4.78 is 5.15. The summed E-state index contributed by atoms with van der Waals surface area (Å²) in [5.41, 5.74) is -0.102. The highest BCUT2D eigenvalue weighted by molar-refractivity contribution is 6.09.